The first-order valence-corrected chi connectivity index (χ1v) is 4.70. The zero-order valence-electron chi connectivity index (χ0n) is 8.16. The highest BCUT2D eigenvalue weighted by molar-refractivity contribution is 5.26. The number of H-pyrrole nitrogens is 1. The number of aryl methyl sites for hydroxylation is 1. The van der Waals surface area contributed by atoms with Crippen LogP contribution in [0.3, 0.4) is 0 Å². The number of rotatable bonds is 3. The summed E-state index contributed by atoms with van der Waals surface area (Å²) in [5.41, 5.74) is 6.90. The Labute approximate surface area is 82.9 Å². The third-order valence-corrected chi connectivity index (χ3v) is 2.36. The Kier molecular flexibility index (Phi) is 2.41. The summed E-state index contributed by atoms with van der Waals surface area (Å²) in [4.78, 5) is 3.02. The van der Waals surface area contributed by atoms with E-state index in [0.717, 1.165) is 11.5 Å². The highest BCUT2D eigenvalue weighted by Gasteiger charge is 2.15. The van der Waals surface area contributed by atoms with Gasteiger partial charge in [0.1, 0.15) is 11.5 Å². The molecule has 0 bridgehead atoms. The van der Waals surface area contributed by atoms with Crippen LogP contribution in [0.25, 0.3) is 0 Å². The lowest BCUT2D eigenvalue weighted by atomic mass is 10.00. The van der Waals surface area contributed by atoms with Gasteiger partial charge >= 0.3 is 0 Å². The third kappa shape index (κ3) is 1.59. The van der Waals surface area contributed by atoms with E-state index >= 15 is 0 Å². The summed E-state index contributed by atoms with van der Waals surface area (Å²) in [6.07, 6.45) is 3.85. The van der Waals surface area contributed by atoms with Crippen LogP contribution in [0, 0.1) is 6.92 Å². The first-order chi connectivity index (χ1) is 6.81. The molecule has 0 amide bonds. The van der Waals surface area contributed by atoms with Gasteiger partial charge in [-0.15, -0.1) is 0 Å². The summed E-state index contributed by atoms with van der Waals surface area (Å²) in [7, 11) is 0. The molecule has 0 radical (unpaired) electrons. The zero-order valence-corrected chi connectivity index (χ0v) is 8.16. The van der Waals surface area contributed by atoms with E-state index in [1.54, 1.807) is 0 Å². The summed E-state index contributed by atoms with van der Waals surface area (Å²) in [5, 5.41) is 0. The molecule has 0 aliphatic heterocycles. The molecule has 3 heteroatoms. The lowest BCUT2D eigenvalue weighted by molar-refractivity contribution is 0.465. The molecule has 0 saturated heterocycles. The Bertz CT molecular complexity index is 389. The first kappa shape index (κ1) is 9.09. The predicted molar refractivity (Wildman–Crippen MR) is 55.1 cm³/mol. The van der Waals surface area contributed by atoms with Crippen molar-refractivity contribution >= 4 is 0 Å². The normalized spacial score (nSPS) is 13.0. The maximum atomic E-state index is 5.73. The minimum Gasteiger partial charge on any atom is -0.466 e. The summed E-state index contributed by atoms with van der Waals surface area (Å²) in [5.74, 6) is 2.02. The molecule has 1 unspecified atom stereocenters. The molecule has 0 fully saturated rings. The van der Waals surface area contributed by atoms with Crippen LogP contribution < -0.4 is 5.73 Å². The Morgan fingerprint density at radius 1 is 1.43 bits per heavy atom. The van der Waals surface area contributed by atoms with Crippen molar-refractivity contribution in [1.29, 1.82) is 0 Å². The lowest BCUT2D eigenvalue weighted by Gasteiger charge is -2.09. The molecule has 0 aliphatic rings. The van der Waals surface area contributed by atoms with Gasteiger partial charge in [-0.3, -0.25) is 0 Å². The van der Waals surface area contributed by atoms with Gasteiger partial charge in [-0.05, 0) is 30.7 Å². The van der Waals surface area contributed by atoms with Crippen LogP contribution in [0.15, 0.2) is 35.0 Å². The molecule has 1 atom stereocenters. The Morgan fingerprint density at radius 2 is 2.29 bits per heavy atom. The fourth-order valence-corrected chi connectivity index (χ4v) is 1.61. The molecule has 2 aromatic rings. The summed E-state index contributed by atoms with van der Waals surface area (Å²) in [6, 6.07) is 5.97. The van der Waals surface area contributed by atoms with Crippen molar-refractivity contribution in [2.45, 2.75) is 12.8 Å². The van der Waals surface area contributed by atoms with E-state index < -0.39 is 0 Å². The van der Waals surface area contributed by atoms with Gasteiger partial charge in [0, 0.05) is 18.9 Å². The molecule has 0 spiro atoms. The molecule has 0 aliphatic carbocycles. The molecule has 2 aromatic heterocycles. The molecule has 0 saturated carbocycles. The molecule has 2 heterocycles. The fourth-order valence-electron chi connectivity index (χ4n) is 1.61. The molecule has 0 aromatic carbocycles. The van der Waals surface area contributed by atoms with E-state index in [1.807, 2.05) is 37.5 Å². The predicted octanol–water partition coefficient (Wildman–Crippen LogP) is 2.01. The average molecular weight is 190 g/mol. The van der Waals surface area contributed by atoms with Crippen LogP contribution in [0.4, 0.5) is 0 Å². The zero-order chi connectivity index (χ0) is 9.97. The van der Waals surface area contributed by atoms with Crippen molar-refractivity contribution in [1.82, 2.24) is 4.98 Å². The van der Waals surface area contributed by atoms with Gasteiger partial charge in [0.2, 0.25) is 0 Å². The lowest BCUT2D eigenvalue weighted by Crippen LogP contribution is -2.12. The largest absolute Gasteiger partial charge is 0.466 e. The van der Waals surface area contributed by atoms with E-state index in [1.165, 1.54) is 5.56 Å². The van der Waals surface area contributed by atoms with E-state index in [0.29, 0.717) is 6.54 Å². The number of aromatic nitrogens is 1. The van der Waals surface area contributed by atoms with Crippen molar-refractivity contribution < 1.29 is 4.42 Å². The van der Waals surface area contributed by atoms with Gasteiger partial charge in [-0.1, -0.05) is 0 Å². The van der Waals surface area contributed by atoms with Crippen molar-refractivity contribution in [3.8, 4) is 0 Å². The second kappa shape index (κ2) is 3.72. The van der Waals surface area contributed by atoms with Crippen LogP contribution in [0.1, 0.15) is 23.0 Å². The number of furan rings is 1. The molecule has 14 heavy (non-hydrogen) atoms. The third-order valence-electron chi connectivity index (χ3n) is 2.36. The first-order valence-electron chi connectivity index (χ1n) is 4.70. The van der Waals surface area contributed by atoms with Crippen molar-refractivity contribution in [3.63, 3.8) is 0 Å². The fraction of sp³-hybridized carbons (Fsp3) is 0.273. The van der Waals surface area contributed by atoms with Gasteiger partial charge in [0.25, 0.3) is 0 Å². The van der Waals surface area contributed by atoms with Crippen molar-refractivity contribution in [2.75, 3.05) is 6.54 Å². The van der Waals surface area contributed by atoms with E-state index in [4.69, 9.17) is 10.2 Å². The second-order valence-corrected chi connectivity index (χ2v) is 3.38. The quantitative estimate of drug-likeness (QED) is 0.777. The van der Waals surface area contributed by atoms with Crippen molar-refractivity contribution in [2.24, 2.45) is 5.73 Å². The van der Waals surface area contributed by atoms with Crippen LogP contribution in [0.5, 0.6) is 0 Å². The van der Waals surface area contributed by atoms with E-state index in [2.05, 4.69) is 4.98 Å². The number of hydrogen-bond donors (Lipinski definition) is 2. The van der Waals surface area contributed by atoms with Crippen LogP contribution >= 0.6 is 0 Å². The minimum atomic E-state index is 0.162. The highest BCUT2D eigenvalue weighted by atomic mass is 16.3. The van der Waals surface area contributed by atoms with Crippen LogP contribution in [-0.4, -0.2) is 11.5 Å². The summed E-state index contributed by atoms with van der Waals surface area (Å²) in [6.45, 7) is 2.50. The number of hydrogen-bond acceptors (Lipinski definition) is 2. The van der Waals surface area contributed by atoms with Crippen LogP contribution in [0.2, 0.25) is 0 Å². The van der Waals surface area contributed by atoms with Crippen LogP contribution in [-0.2, 0) is 0 Å². The molecule has 2 rings (SSSR count). The summed E-state index contributed by atoms with van der Waals surface area (Å²) < 4.78 is 5.57. The molecular formula is C11H14N2O. The Balaban J connectivity index is 2.31. The average Bonchev–Trinajstić information content (AvgIpc) is 2.79. The van der Waals surface area contributed by atoms with Gasteiger partial charge in [0.05, 0.1) is 5.92 Å². The number of nitrogens with one attached hydrogen (secondary N) is 1. The second-order valence-electron chi connectivity index (χ2n) is 3.38. The maximum Gasteiger partial charge on any atom is 0.112 e. The monoisotopic (exact) mass is 190 g/mol. The van der Waals surface area contributed by atoms with Gasteiger partial charge in [0.15, 0.2) is 0 Å². The Hall–Kier alpha value is -1.48. The topological polar surface area (TPSA) is 55.0 Å². The van der Waals surface area contributed by atoms with Gasteiger partial charge < -0.3 is 15.1 Å². The molecular weight excluding hydrogens is 176 g/mol. The van der Waals surface area contributed by atoms with E-state index in [9.17, 15) is 0 Å². The van der Waals surface area contributed by atoms with E-state index in [-0.39, 0.29) is 5.92 Å². The van der Waals surface area contributed by atoms with Gasteiger partial charge in [-0.2, -0.15) is 0 Å². The molecule has 3 N–H and O–H groups in total. The number of aromatic amines is 1. The SMILES string of the molecule is Cc1ccc(C(CN)c2cc[nH]c2)o1. The summed E-state index contributed by atoms with van der Waals surface area (Å²) >= 11 is 0. The van der Waals surface area contributed by atoms with Gasteiger partial charge in [-0.25, -0.2) is 0 Å². The minimum absolute atomic E-state index is 0.162. The Morgan fingerprint density at radius 3 is 2.79 bits per heavy atom. The molecule has 3 nitrogen and oxygen atoms in total. The maximum absolute atomic E-state index is 5.73. The van der Waals surface area contributed by atoms with Crippen molar-refractivity contribution in [3.05, 3.63) is 47.7 Å². The molecule has 74 valence electrons. The number of nitrogens with two attached hydrogens (primary N) is 1. The standard InChI is InChI=1S/C11H14N2O/c1-8-2-3-11(14-8)10(6-12)9-4-5-13-7-9/h2-5,7,10,13H,6,12H2,1H3. The highest BCUT2D eigenvalue weighted by Crippen LogP contribution is 2.24. The smallest absolute Gasteiger partial charge is 0.112 e.